The van der Waals surface area contributed by atoms with Crippen molar-refractivity contribution < 1.29 is 13.9 Å². The van der Waals surface area contributed by atoms with Crippen molar-refractivity contribution in [2.75, 3.05) is 44.7 Å². The fourth-order valence-corrected chi connectivity index (χ4v) is 4.08. The molecule has 0 radical (unpaired) electrons. The van der Waals surface area contributed by atoms with Gasteiger partial charge in [0.05, 0.1) is 24.4 Å². The predicted molar refractivity (Wildman–Crippen MR) is 119 cm³/mol. The molecule has 31 heavy (non-hydrogen) atoms. The van der Waals surface area contributed by atoms with E-state index in [0.29, 0.717) is 29.7 Å². The summed E-state index contributed by atoms with van der Waals surface area (Å²) in [6.07, 6.45) is 0. The molecule has 7 heteroatoms. The van der Waals surface area contributed by atoms with Crippen molar-refractivity contribution in [2.24, 2.45) is 0 Å². The number of hydrogen-bond acceptors (Lipinski definition) is 5. The van der Waals surface area contributed by atoms with E-state index in [1.165, 1.54) is 16.7 Å². The molecule has 4 rings (SSSR count). The summed E-state index contributed by atoms with van der Waals surface area (Å²) in [7, 11) is 2.03. The van der Waals surface area contributed by atoms with Gasteiger partial charge in [0.25, 0.3) is 5.56 Å². The number of esters is 1. The molecule has 1 aliphatic rings. The Morgan fingerprint density at radius 3 is 2.45 bits per heavy atom. The Morgan fingerprint density at radius 1 is 1.06 bits per heavy atom. The van der Waals surface area contributed by atoms with Crippen LogP contribution in [-0.2, 0) is 11.3 Å². The highest BCUT2D eigenvalue weighted by atomic mass is 19.1. The van der Waals surface area contributed by atoms with Gasteiger partial charge in [-0.2, -0.15) is 0 Å². The lowest BCUT2D eigenvalue weighted by Gasteiger charge is -2.35. The smallest absolute Gasteiger partial charge is 0.345 e. The van der Waals surface area contributed by atoms with E-state index in [1.54, 1.807) is 13.0 Å². The summed E-state index contributed by atoms with van der Waals surface area (Å²) in [5.74, 6) is -1.09. The number of anilines is 1. The monoisotopic (exact) mass is 423 g/mol. The summed E-state index contributed by atoms with van der Waals surface area (Å²) in [6, 6.07) is 13.9. The topological polar surface area (TPSA) is 54.8 Å². The summed E-state index contributed by atoms with van der Waals surface area (Å²) in [4.78, 5) is 30.8. The third-order valence-electron chi connectivity index (χ3n) is 5.68. The van der Waals surface area contributed by atoms with E-state index in [1.807, 2.05) is 42.3 Å². The number of ether oxygens (including phenoxy) is 1. The molecule has 162 valence electrons. The molecule has 0 atom stereocenters. The maximum atomic E-state index is 14.4. The lowest BCUT2D eigenvalue weighted by molar-refractivity contribution is 0.0524. The first-order valence-electron chi connectivity index (χ1n) is 10.5. The van der Waals surface area contributed by atoms with E-state index < -0.39 is 17.3 Å². The van der Waals surface area contributed by atoms with E-state index in [0.717, 1.165) is 18.7 Å². The number of carbonyl (C=O) groups is 1. The van der Waals surface area contributed by atoms with Crippen molar-refractivity contribution in [2.45, 2.75) is 13.5 Å². The molecule has 0 amide bonds. The van der Waals surface area contributed by atoms with Crippen LogP contribution in [0.25, 0.3) is 10.9 Å². The number of fused-ring (bicyclic) bond motifs is 1. The highest BCUT2D eigenvalue weighted by Gasteiger charge is 2.28. The molecule has 1 aliphatic heterocycles. The molecule has 0 aliphatic carbocycles. The number of aromatic nitrogens is 1. The minimum absolute atomic E-state index is 0.0274. The summed E-state index contributed by atoms with van der Waals surface area (Å²) < 4.78 is 21.2. The zero-order valence-electron chi connectivity index (χ0n) is 17.8. The van der Waals surface area contributed by atoms with Gasteiger partial charge in [0.2, 0.25) is 0 Å². The highest BCUT2D eigenvalue weighted by Crippen LogP contribution is 2.31. The average molecular weight is 423 g/mol. The third kappa shape index (κ3) is 4.18. The first kappa shape index (κ1) is 21.1. The molecular formula is C24H26FN3O3. The molecule has 2 heterocycles. The maximum absolute atomic E-state index is 14.4. The number of nitrogens with zero attached hydrogens (tertiary/aromatic N) is 3. The Bertz CT molecular complexity index is 1150. The summed E-state index contributed by atoms with van der Waals surface area (Å²) in [6.45, 7) is 4.97. The largest absolute Gasteiger partial charge is 0.462 e. The molecule has 0 spiro atoms. The molecule has 0 N–H and O–H groups in total. The maximum Gasteiger partial charge on any atom is 0.345 e. The fourth-order valence-electron chi connectivity index (χ4n) is 4.08. The van der Waals surface area contributed by atoms with E-state index in [-0.39, 0.29) is 18.7 Å². The second kappa shape index (κ2) is 8.89. The van der Waals surface area contributed by atoms with E-state index in [9.17, 15) is 14.0 Å². The molecule has 0 unspecified atom stereocenters. The predicted octanol–water partition coefficient (Wildman–Crippen LogP) is 3.12. The second-order valence-electron chi connectivity index (χ2n) is 7.77. The molecule has 2 aromatic carbocycles. The van der Waals surface area contributed by atoms with Gasteiger partial charge in [0.15, 0.2) is 0 Å². The lowest BCUT2D eigenvalue weighted by atomic mass is 10.0. The van der Waals surface area contributed by atoms with Gasteiger partial charge in [-0.25, -0.2) is 9.18 Å². The van der Waals surface area contributed by atoms with Crippen LogP contribution in [0.2, 0.25) is 0 Å². The first-order valence-corrected chi connectivity index (χ1v) is 10.5. The van der Waals surface area contributed by atoms with Crippen LogP contribution in [0.1, 0.15) is 22.8 Å². The number of hydrogen-bond donors (Lipinski definition) is 0. The zero-order valence-corrected chi connectivity index (χ0v) is 17.8. The lowest BCUT2D eigenvalue weighted by Crippen LogP contribution is -2.46. The van der Waals surface area contributed by atoms with Gasteiger partial charge in [0.1, 0.15) is 11.4 Å². The minimum Gasteiger partial charge on any atom is -0.462 e. The molecule has 3 aromatic rings. The third-order valence-corrected chi connectivity index (χ3v) is 5.68. The number of halogens is 1. The second-order valence-corrected chi connectivity index (χ2v) is 7.77. The Labute approximate surface area is 180 Å². The van der Waals surface area contributed by atoms with Crippen molar-refractivity contribution in [1.29, 1.82) is 0 Å². The van der Waals surface area contributed by atoms with Crippen LogP contribution >= 0.6 is 0 Å². The molecule has 1 fully saturated rings. The summed E-state index contributed by atoms with van der Waals surface area (Å²) in [5.41, 5.74) is 1.53. The number of piperazine rings is 1. The first-order chi connectivity index (χ1) is 15.0. The Hall–Kier alpha value is -3.19. The Morgan fingerprint density at radius 2 is 1.77 bits per heavy atom. The van der Waals surface area contributed by atoms with Gasteiger partial charge in [-0.3, -0.25) is 4.79 Å². The van der Waals surface area contributed by atoms with Crippen molar-refractivity contribution in [3.63, 3.8) is 0 Å². The Balaban J connectivity index is 1.99. The van der Waals surface area contributed by atoms with Gasteiger partial charge in [-0.15, -0.1) is 0 Å². The van der Waals surface area contributed by atoms with Gasteiger partial charge < -0.3 is 19.1 Å². The number of likely N-dealkylation sites (N-methyl/N-ethyl adjacent to an activating group) is 1. The number of rotatable bonds is 5. The number of benzene rings is 2. The zero-order chi connectivity index (χ0) is 22.0. The molecule has 0 bridgehead atoms. The van der Waals surface area contributed by atoms with Crippen molar-refractivity contribution in [1.82, 2.24) is 9.47 Å². The molecule has 0 saturated carbocycles. The van der Waals surface area contributed by atoms with Crippen LogP contribution in [0.3, 0.4) is 0 Å². The number of carbonyl (C=O) groups excluding carboxylic acids is 1. The van der Waals surface area contributed by atoms with E-state index in [2.05, 4.69) is 4.90 Å². The Kier molecular flexibility index (Phi) is 6.04. The quantitative estimate of drug-likeness (QED) is 0.591. The minimum atomic E-state index is -0.672. The van der Waals surface area contributed by atoms with E-state index >= 15 is 0 Å². The molecular weight excluding hydrogens is 397 g/mol. The van der Waals surface area contributed by atoms with Crippen molar-refractivity contribution >= 4 is 22.6 Å². The normalized spacial score (nSPS) is 14.7. The van der Waals surface area contributed by atoms with Crippen molar-refractivity contribution in [3.05, 3.63) is 75.8 Å². The standard InChI is InChI=1S/C24H26FN3O3/c1-3-31-24(30)21-22(27-13-11-26(2)12-14-27)19-15-18(25)9-10-20(19)28(23(21)29)16-17-7-5-4-6-8-17/h4-10,15H,3,11-14,16H2,1-2H3. The van der Waals surface area contributed by atoms with Crippen LogP contribution in [0.5, 0.6) is 0 Å². The van der Waals surface area contributed by atoms with Crippen LogP contribution in [0.4, 0.5) is 10.1 Å². The van der Waals surface area contributed by atoms with Crippen molar-refractivity contribution in [3.8, 4) is 0 Å². The summed E-state index contributed by atoms with van der Waals surface area (Å²) in [5, 5.41) is 0.545. The van der Waals surface area contributed by atoms with Gasteiger partial charge >= 0.3 is 5.97 Å². The van der Waals surface area contributed by atoms with Crippen LogP contribution < -0.4 is 10.5 Å². The van der Waals surface area contributed by atoms with Gasteiger partial charge in [-0.1, -0.05) is 30.3 Å². The molecule has 1 aromatic heterocycles. The van der Waals surface area contributed by atoms with Crippen LogP contribution in [0.15, 0.2) is 53.3 Å². The van der Waals surface area contributed by atoms with Crippen LogP contribution in [-0.4, -0.2) is 55.3 Å². The highest BCUT2D eigenvalue weighted by molar-refractivity contribution is 6.05. The fraction of sp³-hybridized carbons (Fsp3) is 0.333. The van der Waals surface area contributed by atoms with Gasteiger partial charge in [-0.05, 0) is 37.7 Å². The van der Waals surface area contributed by atoms with Gasteiger partial charge in [0, 0.05) is 31.6 Å². The average Bonchev–Trinajstić information content (AvgIpc) is 2.77. The SMILES string of the molecule is CCOC(=O)c1c(N2CCN(C)CC2)c2cc(F)ccc2n(Cc2ccccc2)c1=O. The number of pyridine rings is 1. The van der Waals surface area contributed by atoms with Crippen LogP contribution in [0, 0.1) is 5.82 Å². The molecule has 6 nitrogen and oxygen atoms in total. The van der Waals surface area contributed by atoms with E-state index in [4.69, 9.17) is 4.74 Å². The molecule has 1 saturated heterocycles. The summed E-state index contributed by atoms with van der Waals surface area (Å²) >= 11 is 0.